The zero-order valence-corrected chi connectivity index (χ0v) is 7.60. The first-order valence-corrected chi connectivity index (χ1v) is 4.70. The lowest BCUT2D eigenvalue weighted by molar-refractivity contribution is -0.120. The van der Waals surface area contributed by atoms with E-state index in [4.69, 9.17) is 0 Å². The maximum atomic E-state index is 10.9. The number of ketones is 1. The van der Waals surface area contributed by atoms with E-state index in [2.05, 4.69) is 6.92 Å². The first-order valence-electron chi connectivity index (χ1n) is 4.70. The van der Waals surface area contributed by atoms with Crippen molar-refractivity contribution >= 4 is 5.78 Å². The fourth-order valence-corrected chi connectivity index (χ4v) is 1.91. The van der Waals surface area contributed by atoms with Crippen LogP contribution in [0.5, 0.6) is 0 Å². The van der Waals surface area contributed by atoms with Crippen LogP contribution in [0.3, 0.4) is 0 Å². The summed E-state index contributed by atoms with van der Waals surface area (Å²) in [5.41, 5.74) is 0. The summed E-state index contributed by atoms with van der Waals surface area (Å²) < 4.78 is 0. The normalized spacial score (nSPS) is 22.0. The Morgan fingerprint density at radius 1 is 1.45 bits per heavy atom. The van der Waals surface area contributed by atoms with Crippen LogP contribution >= 0.6 is 0 Å². The monoisotopic (exact) mass is 154 g/mol. The smallest absolute Gasteiger partial charge is 0.132 e. The van der Waals surface area contributed by atoms with Gasteiger partial charge >= 0.3 is 0 Å². The van der Waals surface area contributed by atoms with Crippen molar-refractivity contribution in [3.63, 3.8) is 0 Å². The van der Waals surface area contributed by atoms with E-state index in [-0.39, 0.29) is 0 Å². The van der Waals surface area contributed by atoms with Crippen molar-refractivity contribution in [2.24, 2.45) is 11.8 Å². The van der Waals surface area contributed by atoms with Gasteiger partial charge < -0.3 is 0 Å². The lowest BCUT2D eigenvalue weighted by Crippen LogP contribution is -2.10. The molecule has 1 fully saturated rings. The zero-order valence-electron chi connectivity index (χ0n) is 7.60. The van der Waals surface area contributed by atoms with Crippen LogP contribution in [0.4, 0.5) is 0 Å². The number of hydrogen-bond acceptors (Lipinski definition) is 1. The number of rotatable bonds is 3. The largest absolute Gasteiger partial charge is 0.300 e. The van der Waals surface area contributed by atoms with E-state index >= 15 is 0 Å². The van der Waals surface area contributed by atoms with Crippen LogP contribution in [0.15, 0.2) is 0 Å². The number of Topliss-reactive ketones (excluding diaryl/α,β-unsaturated/α-hetero) is 1. The molecule has 0 N–H and O–H groups in total. The lowest BCUT2D eigenvalue weighted by Gasteiger charge is -2.12. The van der Waals surface area contributed by atoms with E-state index in [9.17, 15) is 4.79 Å². The molecule has 0 aromatic heterocycles. The Morgan fingerprint density at radius 3 is 2.45 bits per heavy atom. The summed E-state index contributed by atoms with van der Waals surface area (Å²) in [5, 5.41) is 0. The Kier molecular flexibility index (Phi) is 3.10. The van der Waals surface area contributed by atoms with Crippen molar-refractivity contribution < 1.29 is 4.79 Å². The fraction of sp³-hybridized carbons (Fsp3) is 0.900. The molecule has 1 aliphatic rings. The molecule has 0 aromatic carbocycles. The summed E-state index contributed by atoms with van der Waals surface area (Å²) in [5.74, 6) is 1.52. The van der Waals surface area contributed by atoms with E-state index in [0.717, 1.165) is 12.3 Å². The van der Waals surface area contributed by atoms with Crippen LogP contribution in [-0.4, -0.2) is 5.78 Å². The molecule has 0 radical (unpaired) electrons. The molecule has 1 rings (SSSR count). The average Bonchev–Trinajstić information content (AvgIpc) is 2.39. The van der Waals surface area contributed by atoms with Gasteiger partial charge in [-0.1, -0.05) is 32.6 Å². The van der Waals surface area contributed by atoms with Gasteiger partial charge in [-0.2, -0.15) is 0 Å². The second kappa shape index (κ2) is 3.89. The molecule has 0 aliphatic heterocycles. The molecule has 1 heteroatoms. The maximum absolute atomic E-state index is 10.9. The predicted molar refractivity (Wildman–Crippen MR) is 46.4 cm³/mol. The molecule has 1 unspecified atom stereocenters. The van der Waals surface area contributed by atoms with Gasteiger partial charge in [-0.25, -0.2) is 0 Å². The third-order valence-electron chi connectivity index (χ3n) is 2.86. The molecule has 0 bridgehead atoms. The summed E-state index contributed by atoms with van der Waals surface area (Å²) in [6.07, 6.45) is 6.62. The van der Waals surface area contributed by atoms with Gasteiger partial charge in [0.25, 0.3) is 0 Å². The van der Waals surface area contributed by atoms with Crippen LogP contribution in [0.25, 0.3) is 0 Å². The minimum Gasteiger partial charge on any atom is -0.300 e. The van der Waals surface area contributed by atoms with Gasteiger partial charge in [-0.15, -0.1) is 0 Å². The standard InChI is InChI=1S/C10H18O/c1-8(9(2)11)7-10-5-3-4-6-10/h8,10H,3-7H2,1-2H3. The number of hydrogen-bond donors (Lipinski definition) is 0. The van der Waals surface area contributed by atoms with E-state index in [1.165, 1.54) is 25.7 Å². The van der Waals surface area contributed by atoms with Crippen molar-refractivity contribution in [1.29, 1.82) is 0 Å². The molecule has 0 aromatic rings. The third-order valence-corrected chi connectivity index (χ3v) is 2.86. The molecule has 0 amide bonds. The molecule has 1 nitrogen and oxygen atoms in total. The SMILES string of the molecule is CC(=O)C(C)CC1CCCC1. The van der Waals surface area contributed by atoms with Crippen molar-refractivity contribution in [3.8, 4) is 0 Å². The van der Waals surface area contributed by atoms with E-state index < -0.39 is 0 Å². The molecular formula is C10H18O. The molecule has 1 atom stereocenters. The van der Waals surface area contributed by atoms with Gasteiger partial charge in [0.2, 0.25) is 0 Å². The average molecular weight is 154 g/mol. The molecule has 0 saturated heterocycles. The number of carbonyl (C=O) groups is 1. The second-order valence-electron chi connectivity index (χ2n) is 3.90. The summed E-state index contributed by atoms with van der Waals surface area (Å²) in [4.78, 5) is 10.9. The van der Waals surface area contributed by atoms with Gasteiger partial charge in [0.05, 0.1) is 0 Å². The minimum absolute atomic E-state index is 0.304. The maximum Gasteiger partial charge on any atom is 0.132 e. The summed E-state index contributed by atoms with van der Waals surface area (Å²) in [6, 6.07) is 0. The molecule has 1 saturated carbocycles. The van der Waals surface area contributed by atoms with Gasteiger partial charge in [0.15, 0.2) is 0 Å². The highest BCUT2D eigenvalue weighted by Gasteiger charge is 2.19. The molecule has 11 heavy (non-hydrogen) atoms. The summed E-state index contributed by atoms with van der Waals surface area (Å²) >= 11 is 0. The van der Waals surface area contributed by atoms with Crippen LogP contribution in [0.1, 0.15) is 46.0 Å². The predicted octanol–water partition coefficient (Wildman–Crippen LogP) is 2.79. The van der Waals surface area contributed by atoms with E-state index in [0.29, 0.717) is 11.7 Å². The Bertz CT molecular complexity index is 134. The second-order valence-corrected chi connectivity index (χ2v) is 3.90. The molecular weight excluding hydrogens is 136 g/mol. The van der Waals surface area contributed by atoms with Gasteiger partial charge in [0, 0.05) is 5.92 Å². The van der Waals surface area contributed by atoms with Crippen LogP contribution < -0.4 is 0 Å². The topological polar surface area (TPSA) is 17.1 Å². The Labute approximate surface area is 69.2 Å². The highest BCUT2D eigenvalue weighted by Crippen LogP contribution is 2.30. The van der Waals surface area contributed by atoms with E-state index in [1.54, 1.807) is 6.92 Å². The lowest BCUT2D eigenvalue weighted by atomic mass is 9.92. The first kappa shape index (κ1) is 8.76. The van der Waals surface area contributed by atoms with Crippen LogP contribution in [-0.2, 0) is 4.79 Å². The quantitative estimate of drug-likeness (QED) is 0.611. The Balaban J connectivity index is 2.23. The molecule has 64 valence electrons. The first-order chi connectivity index (χ1) is 5.20. The summed E-state index contributed by atoms with van der Waals surface area (Å²) in [7, 11) is 0. The van der Waals surface area contributed by atoms with Gasteiger partial charge in [0.1, 0.15) is 5.78 Å². The van der Waals surface area contributed by atoms with E-state index in [1.807, 2.05) is 0 Å². The number of carbonyl (C=O) groups excluding carboxylic acids is 1. The van der Waals surface area contributed by atoms with Crippen LogP contribution in [0.2, 0.25) is 0 Å². The van der Waals surface area contributed by atoms with Gasteiger partial charge in [-0.05, 0) is 19.3 Å². The van der Waals surface area contributed by atoms with Crippen molar-refractivity contribution in [3.05, 3.63) is 0 Å². The molecule has 0 spiro atoms. The van der Waals surface area contributed by atoms with Crippen LogP contribution in [0, 0.1) is 11.8 Å². The van der Waals surface area contributed by atoms with Crippen molar-refractivity contribution in [2.75, 3.05) is 0 Å². The molecule has 1 aliphatic carbocycles. The molecule has 0 heterocycles. The fourth-order valence-electron chi connectivity index (χ4n) is 1.91. The summed E-state index contributed by atoms with van der Waals surface area (Å²) in [6.45, 7) is 3.76. The highest BCUT2D eigenvalue weighted by molar-refractivity contribution is 5.77. The van der Waals surface area contributed by atoms with Crippen molar-refractivity contribution in [2.45, 2.75) is 46.0 Å². The van der Waals surface area contributed by atoms with Gasteiger partial charge in [-0.3, -0.25) is 4.79 Å². The van der Waals surface area contributed by atoms with Crippen molar-refractivity contribution in [1.82, 2.24) is 0 Å². The Hall–Kier alpha value is -0.330. The third kappa shape index (κ3) is 2.64. The zero-order chi connectivity index (χ0) is 8.27. The minimum atomic E-state index is 0.304. The Morgan fingerprint density at radius 2 is 2.00 bits per heavy atom. The highest BCUT2D eigenvalue weighted by atomic mass is 16.1.